The van der Waals surface area contributed by atoms with Gasteiger partial charge in [0.25, 0.3) is 5.91 Å². The molecule has 1 aliphatic carbocycles. The third-order valence-corrected chi connectivity index (χ3v) is 5.92. The number of hydrogen-bond donors (Lipinski definition) is 2. The number of nitrogens with one attached hydrogen (secondary N) is 2. The van der Waals surface area contributed by atoms with Crippen LogP contribution in [0.2, 0.25) is 0 Å². The molecule has 0 saturated heterocycles. The number of rotatable bonds is 5. The molecule has 9 nitrogen and oxygen atoms in total. The van der Waals surface area contributed by atoms with Crippen molar-refractivity contribution in [3.05, 3.63) is 36.3 Å². The number of esters is 1. The third-order valence-electron chi connectivity index (χ3n) is 3.96. The van der Waals surface area contributed by atoms with Gasteiger partial charge in [0.2, 0.25) is 0 Å². The Bertz CT molecular complexity index is 891. The molecule has 26 heavy (non-hydrogen) atoms. The summed E-state index contributed by atoms with van der Waals surface area (Å²) in [6, 6.07) is 0. The first kappa shape index (κ1) is 18.5. The molecule has 0 saturated carbocycles. The minimum absolute atomic E-state index is 0.0426. The standard InChI is InChI=1S/C15H15BrN4O5S/c1-2-25-15(22)9-7-5-3-4-6-8(7)26-14(9)17-13(21)11-10(16)12(19-18-11)20(23)24/h2-6H2,1H3,(H,17,21)(H,18,19). The number of anilines is 1. The van der Waals surface area contributed by atoms with E-state index in [1.165, 1.54) is 11.3 Å². The lowest BCUT2D eigenvalue weighted by Crippen LogP contribution is -2.16. The number of nitrogens with zero attached hydrogens (tertiary/aromatic N) is 2. The number of H-pyrrole nitrogens is 1. The first-order valence-corrected chi connectivity index (χ1v) is 9.56. The Morgan fingerprint density at radius 1 is 1.42 bits per heavy atom. The smallest absolute Gasteiger partial charge is 0.357 e. The molecule has 0 bridgehead atoms. The molecule has 0 atom stereocenters. The average molecular weight is 443 g/mol. The monoisotopic (exact) mass is 442 g/mol. The van der Waals surface area contributed by atoms with Crippen molar-refractivity contribution in [3.63, 3.8) is 0 Å². The van der Waals surface area contributed by atoms with Crippen LogP contribution in [0.5, 0.6) is 0 Å². The summed E-state index contributed by atoms with van der Waals surface area (Å²) in [5.74, 6) is -1.54. The van der Waals surface area contributed by atoms with Gasteiger partial charge in [0.15, 0.2) is 5.69 Å². The van der Waals surface area contributed by atoms with Gasteiger partial charge in [-0.1, -0.05) is 5.10 Å². The largest absolute Gasteiger partial charge is 0.462 e. The molecule has 0 aromatic carbocycles. The molecule has 0 radical (unpaired) electrons. The molecule has 2 aromatic rings. The second-order valence-electron chi connectivity index (χ2n) is 5.58. The lowest BCUT2D eigenvalue weighted by molar-refractivity contribution is -0.390. The molecule has 2 N–H and O–H groups in total. The predicted octanol–water partition coefficient (Wildman–Crippen LogP) is 3.45. The molecule has 11 heteroatoms. The summed E-state index contributed by atoms with van der Waals surface area (Å²) >= 11 is 4.35. The number of carbonyl (C=O) groups excluding carboxylic acids is 2. The molecule has 0 spiro atoms. The quantitative estimate of drug-likeness (QED) is 0.414. The van der Waals surface area contributed by atoms with E-state index in [0.29, 0.717) is 10.6 Å². The van der Waals surface area contributed by atoms with Gasteiger partial charge >= 0.3 is 11.8 Å². The van der Waals surface area contributed by atoms with Crippen molar-refractivity contribution < 1.29 is 19.2 Å². The Morgan fingerprint density at radius 2 is 2.15 bits per heavy atom. The number of aryl methyl sites for hydroxylation is 1. The van der Waals surface area contributed by atoms with E-state index in [2.05, 4.69) is 31.4 Å². The number of hydrogen-bond acceptors (Lipinski definition) is 7. The van der Waals surface area contributed by atoms with Gasteiger partial charge in [0, 0.05) is 4.88 Å². The summed E-state index contributed by atoms with van der Waals surface area (Å²) in [4.78, 5) is 36.2. The van der Waals surface area contributed by atoms with Crippen LogP contribution < -0.4 is 5.32 Å². The molecule has 3 rings (SSSR count). The van der Waals surface area contributed by atoms with E-state index in [1.54, 1.807) is 6.92 Å². The zero-order chi connectivity index (χ0) is 18.8. The van der Waals surface area contributed by atoms with Gasteiger partial charge < -0.3 is 20.2 Å². The highest BCUT2D eigenvalue weighted by atomic mass is 79.9. The molecule has 0 unspecified atom stereocenters. The fourth-order valence-corrected chi connectivity index (χ4v) is 4.60. The number of thiophene rings is 1. The van der Waals surface area contributed by atoms with Gasteiger partial charge in [-0.2, -0.15) is 0 Å². The lowest BCUT2D eigenvalue weighted by atomic mass is 9.95. The summed E-state index contributed by atoms with van der Waals surface area (Å²) in [5, 5.41) is 19.8. The van der Waals surface area contributed by atoms with Crippen LogP contribution in [0, 0.1) is 10.1 Å². The van der Waals surface area contributed by atoms with Crippen LogP contribution in [0.3, 0.4) is 0 Å². The van der Waals surface area contributed by atoms with Gasteiger partial charge in [-0.3, -0.25) is 4.79 Å². The molecule has 0 aliphatic heterocycles. The molecule has 2 heterocycles. The number of aromatic amines is 1. The molecule has 2 aromatic heterocycles. The minimum atomic E-state index is -0.679. The third kappa shape index (κ3) is 3.36. The molecular formula is C15H15BrN4O5S. The van der Waals surface area contributed by atoms with Crippen molar-refractivity contribution >= 4 is 50.0 Å². The van der Waals surface area contributed by atoms with Gasteiger partial charge in [-0.05, 0) is 59.0 Å². The van der Waals surface area contributed by atoms with Crippen molar-refractivity contribution in [2.45, 2.75) is 32.6 Å². The zero-order valence-corrected chi connectivity index (χ0v) is 16.2. The average Bonchev–Trinajstić information content (AvgIpc) is 3.15. The summed E-state index contributed by atoms with van der Waals surface area (Å²) in [5.41, 5.74) is 1.14. The second kappa shape index (κ2) is 7.54. The van der Waals surface area contributed by atoms with Gasteiger partial charge in [0.1, 0.15) is 9.47 Å². The van der Waals surface area contributed by atoms with Gasteiger partial charge in [0.05, 0.1) is 12.2 Å². The normalized spacial score (nSPS) is 13.2. The summed E-state index contributed by atoms with van der Waals surface area (Å²) in [6.07, 6.45) is 3.61. The Balaban J connectivity index is 1.94. The van der Waals surface area contributed by atoms with E-state index in [9.17, 15) is 19.7 Å². The molecule has 1 amide bonds. The van der Waals surface area contributed by atoms with E-state index >= 15 is 0 Å². The zero-order valence-electron chi connectivity index (χ0n) is 13.8. The maximum absolute atomic E-state index is 12.5. The minimum Gasteiger partial charge on any atom is -0.462 e. The molecule has 1 aliphatic rings. The van der Waals surface area contributed by atoms with Crippen molar-refractivity contribution in [2.24, 2.45) is 0 Å². The van der Waals surface area contributed by atoms with Crippen molar-refractivity contribution in [2.75, 3.05) is 11.9 Å². The fourth-order valence-electron chi connectivity index (χ4n) is 2.83. The molecular weight excluding hydrogens is 428 g/mol. The van der Waals surface area contributed by atoms with E-state index < -0.39 is 22.6 Å². The topological polar surface area (TPSA) is 127 Å². The number of halogens is 1. The summed E-state index contributed by atoms with van der Waals surface area (Å²) < 4.78 is 5.09. The maximum atomic E-state index is 12.5. The second-order valence-corrected chi connectivity index (χ2v) is 7.48. The number of amides is 1. The Kier molecular flexibility index (Phi) is 5.37. The van der Waals surface area contributed by atoms with Crippen LogP contribution in [0.25, 0.3) is 0 Å². The van der Waals surface area contributed by atoms with Crippen molar-refractivity contribution in [1.82, 2.24) is 10.2 Å². The first-order valence-electron chi connectivity index (χ1n) is 7.95. The van der Waals surface area contributed by atoms with Crippen molar-refractivity contribution in [3.8, 4) is 0 Å². The van der Waals surface area contributed by atoms with E-state index in [-0.39, 0.29) is 16.8 Å². The van der Waals surface area contributed by atoms with E-state index in [0.717, 1.165) is 36.1 Å². The van der Waals surface area contributed by atoms with Crippen LogP contribution in [-0.2, 0) is 17.6 Å². The van der Waals surface area contributed by atoms with E-state index in [4.69, 9.17) is 4.74 Å². The Hall–Kier alpha value is -2.27. The van der Waals surface area contributed by atoms with Crippen LogP contribution >= 0.6 is 27.3 Å². The van der Waals surface area contributed by atoms with Crippen LogP contribution in [0.15, 0.2) is 4.47 Å². The highest BCUT2D eigenvalue weighted by Gasteiger charge is 2.30. The SMILES string of the molecule is CCOC(=O)c1c(NC(=O)c2n[nH]c([N+](=O)[O-])c2Br)sc2c1CCCC2. The number of aromatic nitrogens is 2. The number of nitro groups is 1. The van der Waals surface area contributed by atoms with Gasteiger partial charge in [-0.15, -0.1) is 16.4 Å². The predicted molar refractivity (Wildman–Crippen MR) is 97.8 cm³/mol. The Labute approximate surface area is 160 Å². The van der Waals surface area contributed by atoms with E-state index in [1.807, 2.05) is 0 Å². The van der Waals surface area contributed by atoms with Crippen LogP contribution in [-0.4, -0.2) is 33.6 Å². The fraction of sp³-hybridized carbons (Fsp3) is 0.400. The first-order chi connectivity index (χ1) is 12.4. The summed E-state index contributed by atoms with van der Waals surface area (Å²) in [6.45, 7) is 1.95. The highest BCUT2D eigenvalue weighted by molar-refractivity contribution is 9.10. The Morgan fingerprint density at radius 3 is 2.81 bits per heavy atom. The van der Waals surface area contributed by atoms with Gasteiger partial charge in [-0.25, -0.2) is 4.79 Å². The highest BCUT2D eigenvalue weighted by Crippen LogP contribution is 2.39. The number of fused-ring (bicyclic) bond motifs is 1. The van der Waals surface area contributed by atoms with Crippen LogP contribution in [0.4, 0.5) is 10.8 Å². The number of ether oxygens (including phenoxy) is 1. The molecule has 138 valence electrons. The summed E-state index contributed by atoms with van der Waals surface area (Å²) in [7, 11) is 0. The van der Waals surface area contributed by atoms with Crippen molar-refractivity contribution in [1.29, 1.82) is 0 Å². The van der Waals surface area contributed by atoms with Crippen LogP contribution in [0.1, 0.15) is 51.1 Å². The number of carbonyl (C=O) groups is 2. The lowest BCUT2D eigenvalue weighted by Gasteiger charge is -2.12. The molecule has 0 fully saturated rings. The maximum Gasteiger partial charge on any atom is 0.357 e.